The summed E-state index contributed by atoms with van der Waals surface area (Å²) < 4.78 is 1.03. The van der Waals surface area contributed by atoms with Crippen LogP contribution >= 0.6 is 27.3 Å². The average molecular weight is 323 g/mol. The molecule has 1 aromatic carbocycles. The van der Waals surface area contributed by atoms with Crippen LogP contribution in [0.1, 0.15) is 46.1 Å². The van der Waals surface area contributed by atoms with E-state index in [1.54, 1.807) is 0 Å². The highest BCUT2D eigenvalue weighted by molar-refractivity contribution is 9.11. The molecule has 0 atom stereocenters. The molecule has 18 heavy (non-hydrogen) atoms. The molecule has 0 amide bonds. The smallest absolute Gasteiger partial charge is 0.202 e. The molecule has 94 valence electrons. The van der Waals surface area contributed by atoms with Crippen molar-refractivity contribution >= 4 is 33.0 Å². The number of rotatable bonds is 3. The molecule has 0 unspecified atom stereocenters. The predicted octanol–water partition coefficient (Wildman–Crippen LogP) is 5.17. The number of benzene rings is 1. The predicted molar refractivity (Wildman–Crippen MR) is 80.7 cm³/mol. The number of carbonyl (C=O) groups excluding carboxylic acids is 1. The van der Waals surface area contributed by atoms with Crippen molar-refractivity contribution in [1.82, 2.24) is 0 Å². The van der Waals surface area contributed by atoms with Crippen LogP contribution in [0.2, 0.25) is 0 Å². The molecule has 0 fully saturated rings. The van der Waals surface area contributed by atoms with Crippen molar-refractivity contribution < 1.29 is 4.79 Å². The molecular formula is C15H15BrOS. The van der Waals surface area contributed by atoms with Gasteiger partial charge in [0.05, 0.1) is 8.66 Å². The maximum Gasteiger partial charge on any atom is 0.202 e. The summed E-state index contributed by atoms with van der Waals surface area (Å²) >= 11 is 4.95. The van der Waals surface area contributed by atoms with Gasteiger partial charge in [0.2, 0.25) is 5.78 Å². The van der Waals surface area contributed by atoms with Gasteiger partial charge in [-0.2, -0.15) is 0 Å². The van der Waals surface area contributed by atoms with Crippen LogP contribution in [-0.4, -0.2) is 5.78 Å². The van der Waals surface area contributed by atoms with E-state index in [9.17, 15) is 4.79 Å². The highest BCUT2D eigenvalue weighted by Gasteiger charge is 2.13. The average Bonchev–Trinajstić information content (AvgIpc) is 2.69. The molecule has 1 nitrogen and oxygen atoms in total. The normalized spacial score (nSPS) is 10.9. The van der Waals surface area contributed by atoms with Crippen molar-refractivity contribution in [2.45, 2.75) is 26.7 Å². The lowest BCUT2D eigenvalue weighted by atomic mass is 10.00. The van der Waals surface area contributed by atoms with Crippen LogP contribution in [0.5, 0.6) is 0 Å². The van der Waals surface area contributed by atoms with E-state index < -0.39 is 0 Å². The third kappa shape index (κ3) is 2.73. The first-order chi connectivity index (χ1) is 8.49. The first kappa shape index (κ1) is 13.5. The Bertz CT molecular complexity index is 547. The molecule has 1 aromatic heterocycles. The van der Waals surface area contributed by atoms with Crippen LogP contribution < -0.4 is 0 Å². The zero-order valence-corrected chi connectivity index (χ0v) is 13.1. The van der Waals surface area contributed by atoms with E-state index in [1.165, 1.54) is 16.9 Å². The van der Waals surface area contributed by atoms with E-state index in [-0.39, 0.29) is 5.78 Å². The van der Waals surface area contributed by atoms with Gasteiger partial charge in [0.25, 0.3) is 0 Å². The van der Waals surface area contributed by atoms with Crippen LogP contribution in [0.3, 0.4) is 0 Å². The lowest BCUT2D eigenvalue weighted by molar-refractivity contribution is 0.104. The van der Waals surface area contributed by atoms with E-state index in [0.29, 0.717) is 5.92 Å². The zero-order valence-electron chi connectivity index (χ0n) is 10.7. The minimum atomic E-state index is 0.101. The van der Waals surface area contributed by atoms with Gasteiger partial charge in [0, 0.05) is 5.56 Å². The van der Waals surface area contributed by atoms with Gasteiger partial charge in [-0.1, -0.05) is 38.1 Å². The Morgan fingerprint density at radius 2 is 1.83 bits per heavy atom. The van der Waals surface area contributed by atoms with Crippen molar-refractivity contribution in [2.75, 3.05) is 0 Å². The number of aryl methyl sites for hydroxylation is 1. The molecule has 0 radical (unpaired) electrons. The number of halogens is 1. The molecule has 0 aliphatic carbocycles. The van der Waals surface area contributed by atoms with Crippen molar-refractivity contribution in [1.29, 1.82) is 0 Å². The third-order valence-electron chi connectivity index (χ3n) is 2.92. The molecule has 0 spiro atoms. The van der Waals surface area contributed by atoms with E-state index in [1.807, 2.05) is 37.3 Å². The Kier molecular flexibility index (Phi) is 4.03. The van der Waals surface area contributed by atoms with Crippen LogP contribution in [0.25, 0.3) is 0 Å². The lowest BCUT2D eigenvalue weighted by Crippen LogP contribution is -1.99. The van der Waals surface area contributed by atoms with Crippen LogP contribution in [0.15, 0.2) is 34.1 Å². The summed E-state index contributed by atoms with van der Waals surface area (Å²) in [6.07, 6.45) is 0. The van der Waals surface area contributed by atoms with Crippen molar-refractivity contribution in [3.05, 3.63) is 55.7 Å². The fraction of sp³-hybridized carbons (Fsp3) is 0.267. The first-order valence-electron chi connectivity index (χ1n) is 5.89. The number of carbonyl (C=O) groups is 1. The Morgan fingerprint density at radius 3 is 2.28 bits per heavy atom. The van der Waals surface area contributed by atoms with Gasteiger partial charge >= 0.3 is 0 Å². The number of ketones is 1. The summed E-state index contributed by atoms with van der Waals surface area (Å²) in [6, 6.07) is 9.84. The molecule has 3 heteroatoms. The summed E-state index contributed by atoms with van der Waals surface area (Å²) in [7, 11) is 0. The maximum absolute atomic E-state index is 12.3. The number of thiophene rings is 1. The highest BCUT2D eigenvalue weighted by atomic mass is 79.9. The van der Waals surface area contributed by atoms with Gasteiger partial charge in [-0.25, -0.2) is 0 Å². The summed E-state index contributed by atoms with van der Waals surface area (Å²) in [5, 5.41) is 0. The van der Waals surface area contributed by atoms with Crippen molar-refractivity contribution in [3.8, 4) is 0 Å². The topological polar surface area (TPSA) is 17.1 Å². The van der Waals surface area contributed by atoms with Gasteiger partial charge in [0.1, 0.15) is 0 Å². The largest absolute Gasteiger partial charge is 0.288 e. The van der Waals surface area contributed by atoms with E-state index >= 15 is 0 Å². The van der Waals surface area contributed by atoms with E-state index in [0.717, 1.165) is 19.8 Å². The van der Waals surface area contributed by atoms with Gasteiger partial charge in [-0.3, -0.25) is 4.79 Å². The van der Waals surface area contributed by atoms with Crippen LogP contribution in [0.4, 0.5) is 0 Å². The minimum Gasteiger partial charge on any atom is -0.288 e. The second-order valence-electron chi connectivity index (χ2n) is 4.67. The van der Waals surface area contributed by atoms with Gasteiger partial charge in [-0.15, -0.1) is 11.3 Å². The second-order valence-corrected chi connectivity index (χ2v) is 7.04. The maximum atomic E-state index is 12.3. The molecule has 1 heterocycles. The Hall–Kier alpha value is -0.930. The van der Waals surface area contributed by atoms with Gasteiger partial charge < -0.3 is 0 Å². The Balaban J connectivity index is 2.28. The molecule has 0 saturated heterocycles. The molecule has 2 rings (SSSR count). The van der Waals surface area contributed by atoms with Crippen LogP contribution in [-0.2, 0) is 0 Å². The fourth-order valence-electron chi connectivity index (χ4n) is 1.73. The van der Waals surface area contributed by atoms with Crippen molar-refractivity contribution in [2.24, 2.45) is 0 Å². The standard InChI is InChI=1S/C15H15BrOS/c1-9(2)11-4-6-12(7-5-11)14(17)13-8-10(3)15(16)18-13/h4-9H,1-3H3. The SMILES string of the molecule is Cc1cc(C(=O)c2ccc(C(C)C)cc2)sc1Br. The van der Waals surface area contributed by atoms with Gasteiger partial charge in [-0.05, 0) is 46.0 Å². The van der Waals surface area contributed by atoms with E-state index in [4.69, 9.17) is 0 Å². The molecule has 0 bridgehead atoms. The third-order valence-corrected chi connectivity index (χ3v) is 5.06. The fourth-order valence-corrected chi connectivity index (χ4v) is 3.23. The zero-order chi connectivity index (χ0) is 13.3. The molecular weight excluding hydrogens is 308 g/mol. The van der Waals surface area contributed by atoms with E-state index in [2.05, 4.69) is 29.8 Å². The lowest BCUT2D eigenvalue weighted by Gasteiger charge is -2.05. The second kappa shape index (κ2) is 5.37. The van der Waals surface area contributed by atoms with Gasteiger partial charge in [0.15, 0.2) is 0 Å². The summed E-state index contributed by atoms with van der Waals surface area (Å²) in [4.78, 5) is 13.1. The summed E-state index contributed by atoms with van der Waals surface area (Å²) in [5.41, 5.74) is 3.13. The number of hydrogen-bond acceptors (Lipinski definition) is 2. The molecule has 0 saturated carbocycles. The summed E-state index contributed by atoms with van der Waals surface area (Å²) in [6.45, 7) is 6.30. The molecule has 0 N–H and O–H groups in total. The monoisotopic (exact) mass is 322 g/mol. The minimum absolute atomic E-state index is 0.101. The Morgan fingerprint density at radius 1 is 1.22 bits per heavy atom. The number of hydrogen-bond donors (Lipinski definition) is 0. The molecule has 2 aromatic rings. The highest BCUT2D eigenvalue weighted by Crippen LogP contribution is 2.29. The van der Waals surface area contributed by atoms with Crippen molar-refractivity contribution in [3.63, 3.8) is 0 Å². The quantitative estimate of drug-likeness (QED) is 0.712. The van der Waals surface area contributed by atoms with Crippen LogP contribution in [0, 0.1) is 6.92 Å². The summed E-state index contributed by atoms with van der Waals surface area (Å²) in [5.74, 6) is 0.594. The first-order valence-corrected chi connectivity index (χ1v) is 7.50. The Labute approximate surface area is 120 Å². The molecule has 0 aliphatic rings. The molecule has 0 aliphatic heterocycles.